The van der Waals surface area contributed by atoms with Gasteiger partial charge in [-0.25, -0.2) is 0 Å². The number of fused-ring (bicyclic) bond motifs is 2. The van der Waals surface area contributed by atoms with Gasteiger partial charge in [0.2, 0.25) is 11.5 Å². The second kappa shape index (κ2) is 5.94. The molecule has 0 radical (unpaired) electrons. The van der Waals surface area contributed by atoms with Crippen molar-refractivity contribution in [2.75, 3.05) is 5.32 Å². The van der Waals surface area contributed by atoms with E-state index in [1.807, 2.05) is 49.5 Å². The lowest BCUT2D eigenvalue weighted by Gasteiger charge is -2.07. The van der Waals surface area contributed by atoms with Gasteiger partial charge in [0.15, 0.2) is 0 Å². The van der Waals surface area contributed by atoms with Crippen LogP contribution in [0.15, 0.2) is 59.5 Å². The fraction of sp³-hybridized carbons (Fsp3) is 0.100. The highest BCUT2D eigenvalue weighted by atomic mass is 16.1. The zero-order chi connectivity index (χ0) is 17.4. The number of benzene rings is 2. The molecule has 0 fully saturated rings. The maximum atomic E-state index is 12.4. The molecule has 0 aliphatic rings. The minimum absolute atomic E-state index is 0.0981. The first-order valence-electron chi connectivity index (χ1n) is 8.09. The molecule has 3 N–H and O–H groups in total. The Kier molecular flexibility index (Phi) is 3.61. The summed E-state index contributed by atoms with van der Waals surface area (Å²) in [5.74, 6) is -0.0981. The van der Waals surface area contributed by atoms with Crippen LogP contribution in [0.25, 0.3) is 21.8 Å². The van der Waals surface area contributed by atoms with Crippen LogP contribution in [0.3, 0.4) is 0 Å². The van der Waals surface area contributed by atoms with E-state index >= 15 is 0 Å². The number of para-hydroxylation sites is 1. The molecule has 0 bridgehead atoms. The molecule has 1 amide bonds. The Balaban J connectivity index is 1.58. The molecule has 5 nitrogen and oxygen atoms in total. The molecule has 0 spiro atoms. The normalized spacial score (nSPS) is 11.1. The van der Waals surface area contributed by atoms with Crippen molar-refractivity contribution >= 4 is 33.4 Å². The Labute approximate surface area is 143 Å². The number of aromatic nitrogens is 2. The van der Waals surface area contributed by atoms with Gasteiger partial charge in [-0.05, 0) is 36.2 Å². The lowest BCUT2D eigenvalue weighted by Crippen LogP contribution is -2.14. The highest BCUT2D eigenvalue weighted by Crippen LogP contribution is 2.21. The van der Waals surface area contributed by atoms with Crippen LogP contribution in [0, 0.1) is 6.92 Å². The monoisotopic (exact) mass is 331 g/mol. The number of aromatic amines is 2. The molecular weight excluding hydrogens is 314 g/mol. The highest BCUT2D eigenvalue weighted by Gasteiger charge is 2.09. The third-order valence-electron chi connectivity index (χ3n) is 4.36. The van der Waals surface area contributed by atoms with E-state index < -0.39 is 0 Å². The maximum absolute atomic E-state index is 12.4. The van der Waals surface area contributed by atoms with Gasteiger partial charge in [0.25, 0.3) is 0 Å². The third-order valence-corrected chi connectivity index (χ3v) is 4.36. The standard InChI is InChI=1S/C20H17N3O2/c1-12-8-19(24)23-18-10-14(6-7-15(12)18)22-20(25)9-13-11-21-17-5-3-2-4-16(13)17/h2-8,10-11,21H,9H2,1H3,(H,22,25)(H,23,24). The van der Waals surface area contributed by atoms with Gasteiger partial charge in [-0.1, -0.05) is 24.3 Å². The van der Waals surface area contributed by atoms with Gasteiger partial charge in [0.1, 0.15) is 0 Å². The molecule has 0 atom stereocenters. The number of carbonyl (C=O) groups is 1. The molecule has 0 aliphatic carbocycles. The number of pyridine rings is 1. The molecule has 4 rings (SSSR count). The molecule has 2 aromatic heterocycles. The summed E-state index contributed by atoms with van der Waals surface area (Å²) in [5.41, 5.74) is 4.12. The van der Waals surface area contributed by atoms with Gasteiger partial charge in [-0.15, -0.1) is 0 Å². The summed E-state index contributed by atoms with van der Waals surface area (Å²) in [4.78, 5) is 30.0. The third kappa shape index (κ3) is 2.92. The van der Waals surface area contributed by atoms with E-state index in [9.17, 15) is 9.59 Å². The Morgan fingerprint density at radius 2 is 1.88 bits per heavy atom. The Bertz CT molecular complexity index is 1150. The fourth-order valence-electron chi connectivity index (χ4n) is 3.17. The van der Waals surface area contributed by atoms with Crippen LogP contribution in [0.4, 0.5) is 5.69 Å². The van der Waals surface area contributed by atoms with Crippen LogP contribution in [-0.2, 0) is 11.2 Å². The molecule has 0 aliphatic heterocycles. The van der Waals surface area contributed by atoms with Gasteiger partial charge in [0.05, 0.1) is 11.9 Å². The van der Waals surface area contributed by atoms with Crippen molar-refractivity contribution in [3.05, 3.63) is 76.2 Å². The van der Waals surface area contributed by atoms with Gasteiger partial charge in [-0.3, -0.25) is 9.59 Å². The number of H-pyrrole nitrogens is 2. The minimum Gasteiger partial charge on any atom is -0.361 e. The van der Waals surface area contributed by atoms with Gasteiger partial charge >= 0.3 is 0 Å². The number of anilines is 1. The number of amides is 1. The minimum atomic E-state index is -0.146. The molecule has 25 heavy (non-hydrogen) atoms. The molecular formula is C20H17N3O2. The maximum Gasteiger partial charge on any atom is 0.248 e. The molecule has 2 aromatic carbocycles. The predicted octanol–water partition coefficient (Wildman–Crippen LogP) is 3.50. The van der Waals surface area contributed by atoms with Crippen molar-refractivity contribution in [2.45, 2.75) is 13.3 Å². The van der Waals surface area contributed by atoms with E-state index in [4.69, 9.17) is 0 Å². The molecule has 0 saturated carbocycles. The van der Waals surface area contributed by atoms with Gasteiger partial charge in [-0.2, -0.15) is 0 Å². The van der Waals surface area contributed by atoms with Gasteiger partial charge < -0.3 is 15.3 Å². The lowest BCUT2D eigenvalue weighted by molar-refractivity contribution is -0.115. The highest BCUT2D eigenvalue weighted by molar-refractivity contribution is 5.97. The molecule has 2 heterocycles. The van der Waals surface area contributed by atoms with Crippen molar-refractivity contribution in [3.8, 4) is 0 Å². The largest absolute Gasteiger partial charge is 0.361 e. The molecule has 4 aromatic rings. The number of rotatable bonds is 3. The number of hydrogen-bond donors (Lipinski definition) is 3. The summed E-state index contributed by atoms with van der Waals surface area (Å²) >= 11 is 0. The van der Waals surface area contributed by atoms with E-state index in [0.29, 0.717) is 5.69 Å². The summed E-state index contributed by atoms with van der Waals surface area (Å²) in [5, 5.41) is 4.92. The predicted molar refractivity (Wildman–Crippen MR) is 99.9 cm³/mol. The van der Waals surface area contributed by atoms with Crippen LogP contribution in [0.1, 0.15) is 11.1 Å². The average Bonchev–Trinajstić information content (AvgIpc) is 2.97. The SMILES string of the molecule is Cc1cc(=O)[nH]c2cc(NC(=O)Cc3c[nH]c4ccccc34)ccc12. The smallest absolute Gasteiger partial charge is 0.248 e. The molecule has 5 heteroatoms. The van der Waals surface area contributed by atoms with Crippen LogP contribution >= 0.6 is 0 Å². The molecule has 0 saturated heterocycles. The van der Waals surface area contributed by atoms with E-state index in [2.05, 4.69) is 15.3 Å². The van der Waals surface area contributed by atoms with Crippen LogP contribution in [0.2, 0.25) is 0 Å². The summed E-state index contributed by atoms with van der Waals surface area (Å²) in [6, 6.07) is 15.0. The van der Waals surface area contributed by atoms with E-state index in [0.717, 1.165) is 32.9 Å². The zero-order valence-electron chi connectivity index (χ0n) is 13.7. The summed E-state index contributed by atoms with van der Waals surface area (Å²) in [6.45, 7) is 1.90. The van der Waals surface area contributed by atoms with Crippen molar-refractivity contribution in [3.63, 3.8) is 0 Å². The van der Waals surface area contributed by atoms with Crippen LogP contribution < -0.4 is 10.9 Å². The van der Waals surface area contributed by atoms with E-state index in [1.54, 1.807) is 12.1 Å². The number of hydrogen-bond acceptors (Lipinski definition) is 2. The first kappa shape index (κ1) is 15.2. The second-order valence-electron chi connectivity index (χ2n) is 6.16. The van der Waals surface area contributed by atoms with Gasteiger partial charge in [0, 0.05) is 34.2 Å². The number of aryl methyl sites for hydroxylation is 1. The fourth-order valence-corrected chi connectivity index (χ4v) is 3.17. The quantitative estimate of drug-likeness (QED) is 0.537. The van der Waals surface area contributed by atoms with Crippen molar-refractivity contribution < 1.29 is 4.79 Å². The second-order valence-corrected chi connectivity index (χ2v) is 6.16. The Hall–Kier alpha value is -3.34. The molecule has 124 valence electrons. The zero-order valence-corrected chi connectivity index (χ0v) is 13.7. The lowest BCUT2D eigenvalue weighted by atomic mass is 10.1. The van der Waals surface area contributed by atoms with Crippen LogP contribution in [-0.4, -0.2) is 15.9 Å². The summed E-state index contributed by atoms with van der Waals surface area (Å²) in [7, 11) is 0. The van der Waals surface area contributed by atoms with Crippen molar-refractivity contribution in [2.24, 2.45) is 0 Å². The Morgan fingerprint density at radius 3 is 2.76 bits per heavy atom. The van der Waals surface area contributed by atoms with E-state index in [-0.39, 0.29) is 17.9 Å². The van der Waals surface area contributed by atoms with Crippen molar-refractivity contribution in [1.29, 1.82) is 0 Å². The van der Waals surface area contributed by atoms with Crippen LogP contribution in [0.5, 0.6) is 0 Å². The van der Waals surface area contributed by atoms with Crippen molar-refractivity contribution in [1.82, 2.24) is 9.97 Å². The first-order valence-corrected chi connectivity index (χ1v) is 8.09. The molecule has 0 unspecified atom stereocenters. The first-order chi connectivity index (χ1) is 12.1. The topological polar surface area (TPSA) is 77.8 Å². The Morgan fingerprint density at radius 1 is 1.04 bits per heavy atom. The number of carbonyl (C=O) groups excluding carboxylic acids is 1. The average molecular weight is 331 g/mol. The summed E-state index contributed by atoms with van der Waals surface area (Å²) in [6.07, 6.45) is 2.15. The number of nitrogens with one attached hydrogen (secondary N) is 3. The van der Waals surface area contributed by atoms with E-state index in [1.165, 1.54) is 0 Å². The summed E-state index contributed by atoms with van der Waals surface area (Å²) < 4.78 is 0.